The van der Waals surface area contributed by atoms with Gasteiger partial charge < -0.3 is 10.1 Å². The summed E-state index contributed by atoms with van der Waals surface area (Å²) >= 11 is 0. The summed E-state index contributed by atoms with van der Waals surface area (Å²) in [4.78, 5) is 0. The number of methoxy groups -OCH3 is 1. The summed E-state index contributed by atoms with van der Waals surface area (Å²) in [6.07, 6.45) is 9.00. The first-order valence-electron chi connectivity index (χ1n) is 6.04. The minimum Gasteiger partial charge on any atom is -0.383 e. The normalized spacial score (nSPS) is 25.5. The first-order valence-corrected chi connectivity index (χ1v) is 6.04. The quantitative estimate of drug-likeness (QED) is 0.682. The van der Waals surface area contributed by atoms with Gasteiger partial charge in [0.1, 0.15) is 0 Å². The third-order valence-corrected chi connectivity index (χ3v) is 4.02. The molecule has 2 fully saturated rings. The topological polar surface area (TPSA) is 21.3 Å². The van der Waals surface area contributed by atoms with E-state index >= 15 is 0 Å². The molecule has 0 saturated heterocycles. The van der Waals surface area contributed by atoms with Crippen molar-refractivity contribution >= 4 is 0 Å². The molecule has 0 unspecified atom stereocenters. The summed E-state index contributed by atoms with van der Waals surface area (Å²) in [5.74, 6) is 0.963. The van der Waals surface area contributed by atoms with Gasteiger partial charge in [-0.15, -0.1) is 0 Å². The zero-order valence-electron chi connectivity index (χ0n) is 9.35. The number of nitrogens with one attached hydrogen (secondary N) is 1. The van der Waals surface area contributed by atoms with Gasteiger partial charge in [0.2, 0.25) is 0 Å². The van der Waals surface area contributed by atoms with Crippen molar-refractivity contribution in [1.29, 1.82) is 0 Å². The van der Waals surface area contributed by atoms with Crippen molar-refractivity contribution in [2.75, 3.05) is 26.8 Å². The van der Waals surface area contributed by atoms with Gasteiger partial charge in [0.05, 0.1) is 6.61 Å². The summed E-state index contributed by atoms with van der Waals surface area (Å²) in [7, 11) is 1.76. The van der Waals surface area contributed by atoms with Gasteiger partial charge in [-0.2, -0.15) is 0 Å². The number of hydrogen-bond acceptors (Lipinski definition) is 2. The van der Waals surface area contributed by atoms with E-state index in [1.54, 1.807) is 7.11 Å². The molecule has 2 rings (SSSR count). The van der Waals surface area contributed by atoms with Crippen LogP contribution in [-0.2, 0) is 4.74 Å². The molecule has 0 aromatic heterocycles. The summed E-state index contributed by atoms with van der Waals surface area (Å²) in [6.45, 7) is 3.07. The van der Waals surface area contributed by atoms with E-state index in [2.05, 4.69) is 5.32 Å². The average Bonchev–Trinajstić information content (AvgIpc) is 2.59. The summed E-state index contributed by atoms with van der Waals surface area (Å²) in [5.41, 5.74) is 0.813. The lowest BCUT2D eigenvalue weighted by Crippen LogP contribution is -2.40. The van der Waals surface area contributed by atoms with Crippen LogP contribution in [0.5, 0.6) is 0 Å². The van der Waals surface area contributed by atoms with Crippen LogP contribution in [0.1, 0.15) is 38.5 Å². The van der Waals surface area contributed by atoms with Crippen LogP contribution in [0.4, 0.5) is 0 Å². The minimum atomic E-state index is 0.813. The van der Waals surface area contributed by atoms with E-state index in [0.29, 0.717) is 0 Å². The van der Waals surface area contributed by atoms with Crippen LogP contribution in [0.25, 0.3) is 0 Å². The summed E-state index contributed by atoms with van der Waals surface area (Å²) < 4.78 is 5.01. The molecule has 0 atom stereocenters. The molecule has 1 spiro atoms. The minimum absolute atomic E-state index is 0.813. The van der Waals surface area contributed by atoms with Crippen molar-refractivity contribution in [3.63, 3.8) is 0 Å². The molecule has 2 aliphatic carbocycles. The van der Waals surface area contributed by atoms with Gasteiger partial charge in [0.15, 0.2) is 0 Å². The molecular formula is C12H23NO. The van der Waals surface area contributed by atoms with Crippen molar-refractivity contribution < 1.29 is 4.74 Å². The highest BCUT2D eigenvalue weighted by atomic mass is 16.5. The summed E-state index contributed by atoms with van der Waals surface area (Å²) in [6, 6.07) is 0. The van der Waals surface area contributed by atoms with Gasteiger partial charge in [-0.1, -0.05) is 12.8 Å². The molecule has 2 nitrogen and oxygen atoms in total. The molecule has 2 heteroatoms. The standard InChI is InChI=1S/C12H23NO/c1-14-7-6-13-10-11-8-12(9-11)4-2-3-5-12/h11,13H,2-10H2,1H3. The van der Waals surface area contributed by atoms with Crippen molar-refractivity contribution in [3.05, 3.63) is 0 Å². The van der Waals surface area contributed by atoms with Crippen LogP contribution in [0, 0.1) is 11.3 Å². The fourth-order valence-electron chi connectivity index (χ4n) is 3.32. The van der Waals surface area contributed by atoms with E-state index < -0.39 is 0 Å². The number of rotatable bonds is 5. The third-order valence-electron chi connectivity index (χ3n) is 4.02. The number of hydrogen-bond donors (Lipinski definition) is 1. The highest BCUT2D eigenvalue weighted by Crippen LogP contribution is 2.55. The lowest BCUT2D eigenvalue weighted by molar-refractivity contribution is 0.0608. The lowest BCUT2D eigenvalue weighted by atomic mass is 9.61. The van der Waals surface area contributed by atoms with Gasteiger partial charge in [-0.05, 0) is 43.6 Å². The fraction of sp³-hybridized carbons (Fsp3) is 1.00. The maximum absolute atomic E-state index is 5.01. The second-order valence-corrected chi connectivity index (χ2v) is 5.18. The Balaban J connectivity index is 1.54. The molecule has 0 amide bonds. The Morgan fingerprint density at radius 3 is 2.64 bits per heavy atom. The van der Waals surface area contributed by atoms with E-state index in [1.165, 1.54) is 45.1 Å². The van der Waals surface area contributed by atoms with Crippen molar-refractivity contribution in [1.82, 2.24) is 5.32 Å². The van der Waals surface area contributed by atoms with Gasteiger partial charge in [-0.25, -0.2) is 0 Å². The molecule has 0 aromatic carbocycles. The van der Waals surface area contributed by atoms with Crippen LogP contribution in [0.2, 0.25) is 0 Å². The largest absolute Gasteiger partial charge is 0.383 e. The molecule has 14 heavy (non-hydrogen) atoms. The number of ether oxygens (including phenoxy) is 1. The SMILES string of the molecule is COCCNCC1CC2(CCCC2)C1. The second-order valence-electron chi connectivity index (χ2n) is 5.18. The smallest absolute Gasteiger partial charge is 0.0587 e. The zero-order valence-corrected chi connectivity index (χ0v) is 9.35. The maximum Gasteiger partial charge on any atom is 0.0587 e. The predicted octanol–water partition coefficient (Wildman–Crippen LogP) is 2.19. The van der Waals surface area contributed by atoms with Gasteiger partial charge in [0.25, 0.3) is 0 Å². The summed E-state index contributed by atoms with van der Waals surface area (Å²) in [5, 5.41) is 3.47. The van der Waals surface area contributed by atoms with Crippen LogP contribution >= 0.6 is 0 Å². The Morgan fingerprint density at radius 2 is 2.00 bits per heavy atom. The van der Waals surface area contributed by atoms with Crippen molar-refractivity contribution in [2.45, 2.75) is 38.5 Å². The van der Waals surface area contributed by atoms with Crippen molar-refractivity contribution in [2.24, 2.45) is 11.3 Å². The molecule has 0 heterocycles. The molecular weight excluding hydrogens is 174 g/mol. The van der Waals surface area contributed by atoms with E-state index in [0.717, 1.165) is 24.5 Å². The van der Waals surface area contributed by atoms with Gasteiger partial charge >= 0.3 is 0 Å². The Morgan fingerprint density at radius 1 is 1.29 bits per heavy atom. The first kappa shape index (κ1) is 10.4. The Kier molecular flexibility index (Phi) is 3.45. The molecule has 0 bridgehead atoms. The van der Waals surface area contributed by atoms with E-state index in [4.69, 9.17) is 4.74 Å². The lowest BCUT2D eigenvalue weighted by Gasteiger charge is -2.45. The Hall–Kier alpha value is -0.0800. The van der Waals surface area contributed by atoms with Crippen LogP contribution in [0.15, 0.2) is 0 Å². The van der Waals surface area contributed by atoms with E-state index in [9.17, 15) is 0 Å². The molecule has 82 valence electrons. The fourth-order valence-corrected chi connectivity index (χ4v) is 3.32. The van der Waals surface area contributed by atoms with E-state index in [1.807, 2.05) is 0 Å². The zero-order chi connectivity index (χ0) is 9.86. The highest BCUT2D eigenvalue weighted by Gasteiger charge is 2.44. The highest BCUT2D eigenvalue weighted by molar-refractivity contribution is 4.96. The molecule has 2 aliphatic rings. The Bertz CT molecular complexity index is 167. The average molecular weight is 197 g/mol. The molecule has 0 aliphatic heterocycles. The molecule has 1 N–H and O–H groups in total. The van der Waals surface area contributed by atoms with Gasteiger partial charge in [-0.3, -0.25) is 0 Å². The molecule has 0 aromatic rings. The third kappa shape index (κ3) is 2.29. The maximum atomic E-state index is 5.01. The monoisotopic (exact) mass is 197 g/mol. The van der Waals surface area contributed by atoms with Crippen LogP contribution in [-0.4, -0.2) is 26.8 Å². The molecule has 0 radical (unpaired) electrons. The Labute approximate surface area is 87.4 Å². The first-order chi connectivity index (χ1) is 6.85. The van der Waals surface area contributed by atoms with Gasteiger partial charge in [0, 0.05) is 13.7 Å². The van der Waals surface area contributed by atoms with Crippen molar-refractivity contribution in [3.8, 4) is 0 Å². The van der Waals surface area contributed by atoms with Crippen LogP contribution < -0.4 is 5.32 Å². The molecule has 2 saturated carbocycles. The second kappa shape index (κ2) is 4.63. The van der Waals surface area contributed by atoms with E-state index in [-0.39, 0.29) is 0 Å². The van der Waals surface area contributed by atoms with Crippen LogP contribution in [0.3, 0.4) is 0 Å². The predicted molar refractivity (Wildman–Crippen MR) is 58.4 cm³/mol.